The highest BCUT2D eigenvalue weighted by molar-refractivity contribution is 6.01. The minimum absolute atomic E-state index is 0.00941. The molecule has 0 saturated carbocycles. The van der Waals surface area contributed by atoms with E-state index in [-0.39, 0.29) is 24.3 Å². The minimum Gasteiger partial charge on any atom is -0.508 e. The lowest BCUT2D eigenvalue weighted by atomic mass is 10.1. The number of hydrogen-bond donors (Lipinski definition) is 5. The van der Waals surface area contributed by atoms with Gasteiger partial charge in [-0.1, -0.05) is 24.3 Å². The second-order valence-corrected chi connectivity index (χ2v) is 7.18. The van der Waals surface area contributed by atoms with Crippen molar-refractivity contribution in [2.45, 2.75) is 37.6 Å². The van der Waals surface area contributed by atoms with Crippen LogP contribution in [-0.4, -0.2) is 57.4 Å². The fourth-order valence-electron chi connectivity index (χ4n) is 2.66. The third-order valence-corrected chi connectivity index (χ3v) is 4.43. The lowest BCUT2D eigenvalue weighted by Crippen LogP contribution is -2.40. The van der Waals surface area contributed by atoms with E-state index < -0.39 is 48.5 Å². The molecule has 0 bridgehead atoms. The van der Waals surface area contributed by atoms with Gasteiger partial charge < -0.3 is 36.3 Å². The molecule has 2 aromatic rings. The van der Waals surface area contributed by atoms with Crippen molar-refractivity contribution in [3.63, 3.8) is 0 Å². The van der Waals surface area contributed by atoms with Gasteiger partial charge >= 0.3 is 17.9 Å². The molecule has 0 fully saturated rings. The van der Waals surface area contributed by atoms with E-state index in [1.807, 2.05) is 0 Å². The van der Waals surface area contributed by atoms with Crippen molar-refractivity contribution in [1.29, 1.82) is 0 Å². The first-order valence-electron chi connectivity index (χ1n) is 9.78. The Bertz CT molecular complexity index is 990. The van der Waals surface area contributed by atoms with Crippen molar-refractivity contribution in [3.8, 4) is 11.5 Å². The zero-order valence-corrected chi connectivity index (χ0v) is 17.4. The second kappa shape index (κ2) is 11.7. The molecule has 0 aliphatic heterocycles. The number of carbonyl (C=O) groups is 4. The van der Waals surface area contributed by atoms with Crippen LogP contribution >= 0.6 is 0 Å². The van der Waals surface area contributed by atoms with Crippen LogP contribution < -0.4 is 11.5 Å². The van der Waals surface area contributed by atoms with Gasteiger partial charge in [-0.05, 0) is 48.2 Å². The summed E-state index contributed by atoms with van der Waals surface area (Å²) in [5.41, 5.74) is 12.6. The van der Waals surface area contributed by atoms with Crippen LogP contribution in [0.5, 0.6) is 11.5 Å². The molecule has 0 aliphatic rings. The lowest BCUT2D eigenvalue weighted by molar-refractivity contribution is -0.179. The lowest BCUT2D eigenvalue weighted by Gasteiger charge is -2.15. The average Bonchev–Trinajstić information content (AvgIpc) is 2.76. The van der Waals surface area contributed by atoms with Gasteiger partial charge in [0.25, 0.3) is 6.29 Å². The van der Waals surface area contributed by atoms with Crippen LogP contribution in [0.2, 0.25) is 0 Å². The van der Waals surface area contributed by atoms with E-state index in [1.54, 1.807) is 0 Å². The quantitative estimate of drug-likeness (QED) is 0.173. The molecule has 2 aromatic carbocycles. The van der Waals surface area contributed by atoms with Crippen molar-refractivity contribution in [2.24, 2.45) is 11.5 Å². The number of aliphatic hydroxyl groups is 1. The fourth-order valence-corrected chi connectivity index (χ4v) is 2.66. The predicted octanol–water partition coefficient (Wildman–Crippen LogP) is -0.572. The number of ketones is 1. The number of phenolic OH excluding ortho intramolecular Hbond substituents is 2. The van der Waals surface area contributed by atoms with Crippen molar-refractivity contribution in [1.82, 2.24) is 0 Å². The molecule has 2 rings (SSSR count). The van der Waals surface area contributed by atoms with E-state index in [1.165, 1.54) is 48.5 Å². The van der Waals surface area contributed by atoms with Crippen molar-refractivity contribution in [3.05, 3.63) is 59.7 Å². The summed E-state index contributed by atoms with van der Waals surface area (Å²) >= 11 is 0. The number of benzene rings is 2. The van der Waals surface area contributed by atoms with Crippen molar-refractivity contribution in [2.75, 3.05) is 0 Å². The van der Waals surface area contributed by atoms with Gasteiger partial charge in [-0.2, -0.15) is 0 Å². The highest BCUT2D eigenvalue weighted by Crippen LogP contribution is 2.13. The highest BCUT2D eigenvalue weighted by Gasteiger charge is 2.28. The SMILES string of the molecule is N[C@@H](Cc1ccc(O)cc1)C(=O)OC(=O)CC(=O)C(O)OC(=O)[C@@H](N)Cc1ccc(O)cc1. The first-order valence-corrected chi connectivity index (χ1v) is 9.78. The van der Waals surface area contributed by atoms with Gasteiger partial charge in [0.15, 0.2) is 0 Å². The number of aliphatic hydroxyl groups excluding tert-OH is 1. The zero-order valence-electron chi connectivity index (χ0n) is 17.4. The third-order valence-electron chi connectivity index (χ3n) is 4.43. The van der Waals surface area contributed by atoms with Gasteiger partial charge in [0, 0.05) is 0 Å². The molecule has 7 N–H and O–H groups in total. The number of rotatable bonds is 10. The summed E-state index contributed by atoms with van der Waals surface area (Å²) in [5, 5.41) is 28.2. The van der Waals surface area contributed by atoms with Gasteiger partial charge in [0.2, 0.25) is 5.78 Å². The molecule has 0 heterocycles. The first kappa shape index (κ1) is 25.5. The molecule has 11 heteroatoms. The maximum absolute atomic E-state index is 12.0. The number of aromatic hydroxyl groups is 2. The predicted molar refractivity (Wildman–Crippen MR) is 112 cm³/mol. The monoisotopic (exact) mass is 460 g/mol. The largest absolute Gasteiger partial charge is 0.508 e. The summed E-state index contributed by atoms with van der Waals surface area (Å²) < 4.78 is 9.07. The Labute approximate surface area is 188 Å². The van der Waals surface area contributed by atoms with Gasteiger partial charge in [-0.15, -0.1) is 0 Å². The first-order chi connectivity index (χ1) is 15.5. The molecule has 0 spiro atoms. The van der Waals surface area contributed by atoms with E-state index in [0.29, 0.717) is 11.1 Å². The number of hydrogen-bond acceptors (Lipinski definition) is 11. The molecule has 1 unspecified atom stereocenters. The smallest absolute Gasteiger partial charge is 0.330 e. The molecule has 0 saturated heterocycles. The Morgan fingerprint density at radius 1 is 0.758 bits per heavy atom. The van der Waals surface area contributed by atoms with E-state index in [0.717, 1.165) is 0 Å². The average molecular weight is 460 g/mol. The molecule has 0 radical (unpaired) electrons. The van der Waals surface area contributed by atoms with Crippen molar-refractivity contribution >= 4 is 23.7 Å². The van der Waals surface area contributed by atoms with Gasteiger partial charge in [-0.3, -0.25) is 14.4 Å². The Morgan fingerprint density at radius 3 is 1.64 bits per heavy atom. The van der Waals surface area contributed by atoms with Crippen LogP contribution in [0.15, 0.2) is 48.5 Å². The van der Waals surface area contributed by atoms with E-state index in [9.17, 15) is 34.5 Å². The summed E-state index contributed by atoms with van der Waals surface area (Å²) in [6, 6.07) is 9.29. The summed E-state index contributed by atoms with van der Waals surface area (Å²) in [7, 11) is 0. The van der Waals surface area contributed by atoms with Crippen LogP contribution in [-0.2, 0) is 41.5 Å². The van der Waals surface area contributed by atoms with Crippen LogP contribution in [0.25, 0.3) is 0 Å². The van der Waals surface area contributed by atoms with Crippen LogP contribution in [0.1, 0.15) is 17.5 Å². The Kier molecular flexibility index (Phi) is 9.04. The Balaban J connectivity index is 1.78. The van der Waals surface area contributed by atoms with Crippen LogP contribution in [0.3, 0.4) is 0 Å². The number of ether oxygens (including phenoxy) is 2. The molecule has 11 nitrogen and oxygen atoms in total. The minimum atomic E-state index is -2.28. The van der Waals surface area contributed by atoms with Crippen LogP contribution in [0.4, 0.5) is 0 Å². The number of Topliss-reactive ketones (excluding diaryl/α,β-unsaturated/α-hetero) is 1. The number of phenols is 2. The topological polar surface area (TPSA) is 199 Å². The molecule has 0 aliphatic carbocycles. The standard InChI is InChI=1S/C22H24N2O9/c23-16(9-12-1-5-14(25)6-2-12)20(29)32-19(28)11-18(27)22(31)33-21(30)17(24)10-13-3-7-15(26)8-4-13/h1-8,16-17,22,25-26,31H,9-11,23-24H2/t16-,17-,22?/m0/s1. The fraction of sp³-hybridized carbons (Fsp3) is 0.273. The maximum Gasteiger partial charge on any atom is 0.330 e. The van der Waals surface area contributed by atoms with Gasteiger partial charge in [0.05, 0.1) is 0 Å². The Hall–Kier alpha value is -3.80. The van der Waals surface area contributed by atoms with Crippen LogP contribution in [0, 0.1) is 0 Å². The number of esters is 3. The highest BCUT2D eigenvalue weighted by atomic mass is 16.6. The summed E-state index contributed by atoms with van der Waals surface area (Å²) in [6.07, 6.45) is -3.30. The van der Waals surface area contributed by atoms with E-state index >= 15 is 0 Å². The van der Waals surface area contributed by atoms with Crippen molar-refractivity contribution < 1.29 is 44.0 Å². The summed E-state index contributed by atoms with van der Waals surface area (Å²) in [5.74, 6) is -4.63. The zero-order chi connectivity index (χ0) is 24.5. The number of nitrogens with two attached hydrogens (primary N) is 2. The van der Waals surface area contributed by atoms with E-state index in [4.69, 9.17) is 11.5 Å². The molecule has 3 atom stereocenters. The summed E-state index contributed by atoms with van der Waals surface area (Å²) in [4.78, 5) is 47.6. The third kappa shape index (κ3) is 8.33. The normalized spacial score (nSPS) is 13.4. The Morgan fingerprint density at radius 2 is 1.18 bits per heavy atom. The summed E-state index contributed by atoms with van der Waals surface area (Å²) in [6.45, 7) is 0. The molecular weight excluding hydrogens is 436 g/mol. The molecule has 176 valence electrons. The molecule has 0 amide bonds. The molecule has 33 heavy (non-hydrogen) atoms. The molecule has 0 aromatic heterocycles. The van der Waals surface area contributed by atoms with Gasteiger partial charge in [-0.25, -0.2) is 4.79 Å². The molecular formula is C22H24N2O9. The van der Waals surface area contributed by atoms with E-state index in [2.05, 4.69) is 9.47 Å². The second-order valence-electron chi connectivity index (χ2n) is 7.18. The number of carbonyl (C=O) groups excluding carboxylic acids is 4. The maximum atomic E-state index is 12.0. The van der Waals surface area contributed by atoms with Gasteiger partial charge in [0.1, 0.15) is 30.0 Å².